The molecule has 0 aliphatic heterocycles. The molecule has 0 bridgehead atoms. The van der Waals surface area contributed by atoms with E-state index in [-0.39, 0.29) is 0 Å². The maximum absolute atomic E-state index is 4.32. The van der Waals surface area contributed by atoms with Crippen molar-refractivity contribution in [1.29, 1.82) is 0 Å². The fourth-order valence-corrected chi connectivity index (χ4v) is 3.16. The molecule has 1 aliphatic carbocycles. The molecule has 3 nitrogen and oxygen atoms in total. The monoisotopic (exact) mass is 285 g/mol. The molecule has 0 atom stereocenters. The van der Waals surface area contributed by atoms with E-state index in [0.29, 0.717) is 12.1 Å². The molecule has 0 spiro atoms. The Morgan fingerprint density at radius 3 is 2.81 bits per heavy atom. The van der Waals surface area contributed by atoms with Crippen LogP contribution in [-0.2, 0) is 6.54 Å². The zero-order chi connectivity index (χ0) is 11.5. The van der Waals surface area contributed by atoms with Gasteiger partial charge in [0.15, 0.2) is 4.73 Å². The molecule has 1 heterocycles. The Balaban J connectivity index is 1.97. The Hall–Kier alpha value is -0.350. The number of imidazole rings is 1. The van der Waals surface area contributed by atoms with Crippen LogP contribution in [-0.4, -0.2) is 15.6 Å². The van der Waals surface area contributed by atoms with Gasteiger partial charge in [-0.2, -0.15) is 0 Å². The van der Waals surface area contributed by atoms with Gasteiger partial charge in [0.25, 0.3) is 0 Å². The Kier molecular flexibility index (Phi) is 4.03. The van der Waals surface area contributed by atoms with Crippen LogP contribution in [0.5, 0.6) is 0 Å². The average molecular weight is 286 g/mol. The molecule has 1 fully saturated rings. The third kappa shape index (κ3) is 2.66. The lowest BCUT2D eigenvalue weighted by Crippen LogP contribution is -2.26. The second kappa shape index (κ2) is 5.32. The molecule has 0 saturated heterocycles. The highest BCUT2D eigenvalue weighted by molar-refractivity contribution is 9.10. The van der Waals surface area contributed by atoms with Gasteiger partial charge in [0.2, 0.25) is 0 Å². The molecule has 0 radical (unpaired) electrons. The van der Waals surface area contributed by atoms with E-state index in [2.05, 4.69) is 44.6 Å². The van der Waals surface area contributed by atoms with E-state index < -0.39 is 0 Å². The van der Waals surface area contributed by atoms with E-state index in [4.69, 9.17) is 0 Å². The van der Waals surface area contributed by atoms with Crippen LogP contribution >= 0.6 is 15.9 Å². The molecular weight excluding hydrogens is 266 g/mol. The lowest BCUT2D eigenvalue weighted by Gasteiger charge is -2.16. The van der Waals surface area contributed by atoms with Crippen LogP contribution < -0.4 is 5.32 Å². The first kappa shape index (κ1) is 12.1. The summed E-state index contributed by atoms with van der Waals surface area (Å²) in [5, 5.41) is 3.62. The third-order valence-corrected chi connectivity index (χ3v) is 3.86. The van der Waals surface area contributed by atoms with E-state index in [1.165, 1.54) is 31.4 Å². The van der Waals surface area contributed by atoms with Gasteiger partial charge in [-0.1, -0.05) is 12.8 Å². The SMILES string of the molecule is CC(C)n1c(CNC2CCCC2)cnc1Br. The van der Waals surface area contributed by atoms with Crippen molar-refractivity contribution < 1.29 is 0 Å². The van der Waals surface area contributed by atoms with Gasteiger partial charge in [-0.05, 0) is 42.6 Å². The highest BCUT2D eigenvalue weighted by Crippen LogP contribution is 2.20. The highest BCUT2D eigenvalue weighted by atomic mass is 79.9. The van der Waals surface area contributed by atoms with Crippen LogP contribution in [0.15, 0.2) is 10.9 Å². The summed E-state index contributed by atoms with van der Waals surface area (Å²) in [6.07, 6.45) is 7.38. The van der Waals surface area contributed by atoms with Crippen LogP contribution in [0.3, 0.4) is 0 Å². The predicted octanol–water partition coefficient (Wildman–Crippen LogP) is 3.26. The van der Waals surface area contributed by atoms with Crippen molar-refractivity contribution >= 4 is 15.9 Å². The lowest BCUT2D eigenvalue weighted by atomic mass is 10.2. The van der Waals surface area contributed by atoms with Crippen molar-refractivity contribution in [2.24, 2.45) is 0 Å². The molecule has 0 aromatic carbocycles. The number of hydrogen-bond donors (Lipinski definition) is 1. The number of hydrogen-bond acceptors (Lipinski definition) is 2. The second-order valence-corrected chi connectivity index (χ2v) is 5.55. The molecule has 1 saturated carbocycles. The van der Waals surface area contributed by atoms with Crippen molar-refractivity contribution in [3.8, 4) is 0 Å². The predicted molar refractivity (Wildman–Crippen MR) is 69.4 cm³/mol. The van der Waals surface area contributed by atoms with E-state index in [9.17, 15) is 0 Å². The Labute approximate surface area is 106 Å². The van der Waals surface area contributed by atoms with E-state index in [1.54, 1.807) is 0 Å². The minimum atomic E-state index is 0.456. The molecule has 16 heavy (non-hydrogen) atoms. The molecule has 90 valence electrons. The van der Waals surface area contributed by atoms with Crippen LogP contribution in [0.2, 0.25) is 0 Å². The first-order valence-corrected chi connectivity index (χ1v) is 6.92. The van der Waals surface area contributed by atoms with Crippen molar-refractivity contribution in [3.05, 3.63) is 16.6 Å². The largest absolute Gasteiger partial charge is 0.319 e. The number of nitrogens with one attached hydrogen (secondary N) is 1. The standard InChI is InChI=1S/C12H20BrN3/c1-9(2)16-11(8-15-12(16)13)7-14-10-5-3-4-6-10/h8-10,14H,3-7H2,1-2H3. The smallest absolute Gasteiger partial charge is 0.177 e. The highest BCUT2D eigenvalue weighted by Gasteiger charge is 2.16. The normalized spacial score (nSPS) is 17.5. The topological polar surface area (TPSA) is 29.9 Å². The maximum Gasteiger partial charge on any atom is 0.177 e. The van der Waals surface area contributed by atoms with Crippen molar-refractivity contribution in [3.63, 3.8) is 0 Å². The van der Waals surface area contributed by atoms with Crippen LogP contribution in [0.4, 0.5) is 0 Å². The van der Waals surface area contributed by atoms with Gasteiger partial charge in [0.05, 0.1) is 11.9 Å². The van der Waals surface area contributed by atoms with Crippen molar-refractivity contribution in [2.75, 3.05) is 0 Å². The Bertz CT molecular complexity index is 340. The number of aromatic nitrogens is 2. The van der Waals surface area contributed by atoms with Gasteiger partial charge in [0, 0.05) is 18.6 Å². The molecular formula is C12H20BrN3. The zero-order valence-corrected chi connectivity index (χ0v) is 11.6. The molecule has 4 heteroatoms. The Morgan fingerprint density at radius 2 is 2.19 bits per heavy atom. The summed E-state index contributed by atoms with van der Waals surface area (Å²) < 4.78 is 3.17. The first-order valence-electron chi connectivity index (χ1n) is 6.13. The van der Waals surface area contributed by atoms with Gasteiger partial charge < -0.3 is 9.88 Å². The van der Waals surface area contributed by atoms with Crippen molar-refractivity contribution in [2.45, 2.75) is 58.2 Å². The minimum absolute atomic E-state index is 0.456. The number of halogens is 1. The summed E-state index contributed by atoms with van der Waals surface area (Å²) in [6.45, 7) is 5.30. The number of rotatable bonds is 4. The minimum Gasteiger partial charge on any atom is -0.319 e. The zero-order valence-electron chi connectivity index (χ0n) is 10.0. The van der Waals surface area contributed by atoms with Crippen LogP contribution in [0.25, 0.3) is 0 Å². The fourth-order valence-electron chi connectivity index (χ4n) is 2.43. The lowest BCUT2D eigenvalue weighted by molar-refractivity contribution is 0.489. The summed E-state index contributed by atoms with van der Waals surface area (Å²) in [4.78, 5) is 4.32. The summed E-state index contributed by atoms with van der Waals surface area (Å²) in [5.41, 5.74) is 1.27. The molecule has 1 aromatic rings. The fraction of sp³-hybridized carbons (Fsp3) is 0.750. The molecule has 0 amide bonds. The van der Waals surface area contributed by atoms with Crippen molar-refractivity contribution in [1.82, 2.24) is 14.9 Å². The van der Waals surface area contributed by atoms with E-state index >= 15 is 0 Å². The molecule has 1 aromatic heterocycles. The summed E-state index contributed by atoms with van der Waals surface area (Å²) in [5.74, 6) is 0. The summed E-state index contributed by atoms with van der Waals surface area (Å²) >= 11 is 3.50. The maximum atomic E-state index is 4.32. The van der Waals surface area contributed by atoms with Gasteiger partial charge in [0.1, 0.15) is 0 Å². The summed E-state index contributed by atoms with van der Waals surface area (Å²) in [6, 6.07) is 1.17. The van der Waals surface area contributed by atoms with E-state index in [0.717, 1.165) is 11.3 Å². The second-order valence-electron chi connectivity index (χ2n) is 4.84. The Morgan fingerprint density at radius 1 is 1.50 bits per heavy atom. The average Bonchev–Trinajstić information content (AvgIpc) is 2.83. The summed E-state index contributed by atoms with van der Waals surface area (Å²) in [7, 11) is 0. The van der Waals surface area contributed by atoms with Crippen LogP contribution in [0.1, 0.15) is 51.3 Å². The quantitative estimate of drug-likeness (QED) is 0.920. The van der Waals surface area contributed by atoms with Gasteiger partial charge in [-0.3, -0.25) is 0 Å². The molecule has 1 aliphatic rings. The van der Waals surface area contributed by atoms with Gasteiger partial charge in [-0.15, -0.1) is 0 Å². The van der Waals surface area contributed by atoms with Crippen LogP contribution in [0, 0.1) is 0 Å². The molecule has 0 unspecified atom stereocenters. The first-order chi connectivity index (χ1) is 7.68. The molecule has 2 rings (SSSR count). The molecule has 1 N–H and O–H groups in total. The van der Waals surface area contributed by atoms with Gasteiger partial charge >= 0.3 is 0 Å². The number of nitrogens with zero attached hydrogens (tertiary/aromatic N) is 2. The third-order valence-electron chi connectivity index (χ3n) is 3.27. The van der Waals surface area contributed by atoms with E-state index in [1.807, 2.05) is 6.20 Å². The van der Waals surface area contributed by atoms with Gasteiger partial charge in [-0.25, -0.2) is 4.98 Å².